The first-order valence-corrected chi connectivity index (χ1v) is 4.85. The largest absolute Gasteiger partial charge is 0.497 e. The average molecular weight is 231 g/mol. The first-order valence-electron chi connectivity index (χ1n) is 4.03. The molecule has 0 bridgehead atoms. The van der Waals surface area contributed by atoms with E-state index < -0.39 is 5.50 Å². The average Bonchev–Trinajstić information content (AvgIpc) is 2.19. The number of rotatable bonds is 1. The predicted octanol–water partition coefficient (Wildman–Crippen LogP) is 2.95. The van der Waals surface area contributed by atoms with Crippen LogP contribution in [0.4, 0.5) is 11.4 Å². The Labute approximate surface area is 91.7 Å². The van der Waals surface area contributed by atoms with Gasteiger partial charge in [-0.15, -0.1) is 0 Å². The molecule has 1 aromatic rings. The van der Waals surface area contributed by atoms with Gasteiger partial charge in [0, 0.05) is 6.07 Å². The van der Waals surface area contributed by atoms with E-state index in [1.807, 2.05) is 18.2 Å². The van der Waals surface area contributed by atoms with Crippen molar-refractivity contribution in [2.45, 2.75) is 5.50 Å². The van der Waals surface area contributed by atoms with Crippen molar-refractivity contribution in [2.24, 2.45) is 4.99 Å². The van der Waals surface area contributed by atoms with Crippen molar-refractivity contribution in [1.29, 1.82) is 0 Å². The fourth-order valence-corrected chi connectivity index (χ4v) is 1.53. The Kier molecular flexibility index (Phi) is 2.52. The Morgan fingerprint density at radius 3 is 3.00 bits per heavy atom. The minimum Gasteiger partial charge on any atom is -0.497 e. The van der Waals surface area contributed by atoms with E-state index in [0.29, 0.717) is 5.17 Å². The van der Waals surface area contributed by atoms with Gasteiger partial charge in [0.25, 0.3) is 0 Å². The molecule has 0 amide bonds. The molecule has 5 heteroatoms. The Balaban J connectivity index is 2.44. The number of aliphatic imine (C=N–C) groups is 1. The van der Waals surface area contributed by atoms with E-state index in [4.69, 9.17) is 27.9 Å². The molecule has 0 spiro atoms. The van der Waals surface area contributed by atoms with Gasteiger partial charge in [0.15, 0.2) is 5.50 Å². The van der Waals surface area contributed by atoms with Gasteiger partial charge in [0.05, 0.1) is 18.5 Å². The molecule has 14 heavy (non-hydrogen) atoms. The summed E-state index contributed by atoms with van der Waals surface area (Å²) in [6.45, 7) is 0. The van der Waals surface area contributed by atoms with Gasteiger partial charge in [0.1, 0.15) is 10.9 Å². The van der Waals surface area contributed by atoms with Gasteiger partial charge in [-0.3, -0.25) is 0 Å². The van der Waals surface area contributed by atoms with Crippen LogP contribution < -0.4 is 10.1 Å². The van der Waals surface area contributed by atoms with Gasteiger partial charge in [-0.1, -0.05) is 23.2 Å². The van der Waals surface area contributed by atoms with Gasteiger partial charge in [-0.05, 0) is 12.1 Å². The van der Waals surface area contributed by atoms with Crippen molar-refractivity contribution in [1.82, 2.24) is 0 Å². The first-order chi connectivity index (χ1) is 6.70. The summed E-state index contributed by atoms with van der Waals surface area (Å²) in [7, 11) is 1.61. The zero-order chi connectivity index (χ0) is 10.1. The van der Waals surface area contributed by atoms with Crippen molar-refractivity contribution in [2.75, 3.05) is 12.4 Å². The molecule has 0 aliphatic carbocycles. The van der Waals surface area contributed by atoms with E-state index in [1.165, 1.54) is 0 Å². The number of benzene rings is 1. The molecule has 0 radical (unpaired) electrons. The minimum absolute atomic E-state index is 0.351. The van der Waals surface area contributed by atoms with Crippen LogP contribution >= 0.6 is 23.2 Å². The monoisotopic (exact) mass is 230 g/mol. The molecule has 0 saturated heterocycles. The Hall–Kier alpha value is -0.930. The fourth-order valence-electron chi connectivity index (χ4n) is 1.22. The van der Waals surface area contributed by atoms with E-state index in [9.17, 15) is 0 Å². The molecular weight excluding hydrogens is 223 g/mol. The number of methoxy groups -OCH3 is 1. The lowest BCUT2D eigenvalue weighted by molar-refractivity contribution is 0.415. The summed E-state index contributed by atoms with van der Waals surface area (Å²) in [5.41, 5.74) is 1.14. The Morgan fingerprint density at radius 1 is 1.50 bits per heavy atom. The number of ether oxygens (including phenoxy) is 1. The lowest BCUT2D eigenvalue weighted by Crippen LogP contribution is -2.22. The van der Waals surface area contributed by atoms with Crippen LogP contribution in [0, 0.1) is 0 Å². The molecule has 2 rings (SSSR count). The Bertz CT molecular complexity index is 392. The molecule has 1 unspecified atom stereocenters. The van der Waals surface area contributed by atoms with E-state index >= 15 is 0 Å². The van der Waals surface area contributed by atoms with Gasteiger partial charge in [-0.2, -0.15) is 0 Å². The summed E-state index contributed by atoms with van der Waals surface area (Å²) >= 11 is 11.7. The molecule has 3 nitrogen and oxygen atoms in total. The molecule has 1 atom stereocenters. The molecular formula is C9H8Cl2N2O. The Morgan fingerprint density at radius 2 is 2.29 bits per heavy atom. The highest BCUT2D eigenvalue weighted by molar-refractivity contribution is 6.71. The second-order valence-corrected chi connectivity index (χ2v) is 3.65. The van der Waals surface area contributed by atoms with E-state index in [-0.39, 0.29) is 0 Å². The van der Waals surface area contributed by atoms with E-state index in [1.54, 1.807) is 7.11 Å². The summed E-state index contributed by atoms with van der Waals surface area (Å²) in [4.78, 5) is 4.13. The lowest BCUT2D eigenvalue weighted by atomic mass is 10.2. The van der Waals surface area contributed by atoms with Crippen molar-refractivity contribution >= 4 is 39.7 Å². The smallest absolute Gasteiger partial charge is 0.155 e. The number of anilines is 1. The lowest BCUT2D eigenvalue weighted by Gasteiger charge is -2.19. The third-order valence-corrected chi connectivity index (χ3v) is 2.65. The van der Waals surface area contributed by atoms with Gasteiger partial charge < -0.3 is 10.1 Å². The summed E-state index contributed by atoms with van der Waals surface area (Å²) in [6.07, 6.45) is 0. The quantitative estimate of drug-likeness (QED) is 0.595. The molecule has 0 fully saturated rings. The second kappa shape index (κ2) is 3.67. The van der Waals surface area contributed by atoms with Crippen LogP contribution in [0.3, 0.4) is 0 Å². The number of hydrogen-bond donors (Lipinski definition) is 1. The molecule has 0 aromatic heterocycles. The maximum Gasteiger partial charge on any atom is 0.155 e. The van der Waals surface area contributed by atoms with Crippen LogP contribution in [-0.4, -0.2) is 17.8 Å². The SMILES string of the molecule is COc1ccc2c(c1)NC(Cl)C(Cl)=N2. The second-order valence-electron chi connectivity index (χ2n) is 2.82. The summed E-state index contributed by atoms with van der Waals surface area (Å²) < 4.78 is 5.08. The number of nitrogens with zero attached hydrogens (tertiary/aromatic N) is 1. The van der Waals surface area contributed by atoms with Gasteiger partial charge in [0.2, 0.25) is 0 Å². The van der Waals surface area contributed by atoms with Crippen molar-refractivity contribution in [3.8, 4) is 5.75 Å². The van der Waals surface area contributed by atoms with Crippen LogP contribution in [0.5, 0.6) is 5.75 Å². The third-order valence-electron chi connectivity index (χ3n) is 1.92. The zero-order valence-electron chi connectivity index (χ0n) is 7.42. The van der Waals surface area contributed by atoms with Crippen molar-refractivity contribution in [3.05, 3.63) is 18.2 Å². The molecule has 1 aliphatic rings. The topological polar surface area (TPSA) is 33.6 Å². The normalized spacial score (nSPS) is 19.4. The van der Waals surface area contributed by atoms with Crippen LogP contribution in [0.25, 0.3) is 0 Å². The van der Waals surface area contributed by atoms with Crippen LogP contribution in [0.1, 0.15) is 0 Å². The predicted molar refractivity (Wildman–Crippen MR) is 59.2 cm³/mol. The molecule has 74 valence electrons. The summed E-state index contributed by atoms with van der Waals surface area (Å²) in [6, 6.07) is 5.48. The van der Waals surface area contributed by atoms with Crippen molar-refractivity contribution < 1.29 is 4.74 Å². The van der Waals surface area contributed by atoms with Crippen LogP contribution in [-0.2, 0) is 0 Å². The van der Waals surface area contributed by atoms with Gasteiger partial charge in [-0.25, -0.2) is 4.99 Å². The first kappa shape index (κ1) is 9.62. The molecule has 1 N–H and O–H groups in total. The zero-order valence-corrected chi connectivity index (χ0v) is 8.93. The molecule has 1 heterocycles. The molecule has 1 aliphatic heterocycles. The van der Waals surface area contributed by atoms with Crippen LogP contribution in [0.2, 0.25) is 0 Å². The van der Waals surface area contributed by atoms with E-state index in [2.05, 4.69) is 10.3 Å². The highest BCUT2D eigenvalue weighted by Crippen LogP contribution is 2.34. The number of hydrogen-bond acceptors (Lipinski definition) is 3. The standard InChI is InChI=1S/C9H8Cl2N2O/c1-14-5-2-3-6-7(4-5)13-9(11)8(10)12-6/h2-4,9,13H,1H3. The highest BCUT2D eigenvalue weighted by Gasteiger charge is 2.18. The maximum absolute atomic E-state index is 5.88. The maximum atomic E-state index is 5.88. The van der Waals surface area contributed by atoms with Crippen molar-refractivity contribution in [3.63, 3.8) is 0 Å². The summed E-state index contributed by atoms with van der Waals surface area (Å²) in [5.74, 6) is 0.758. The fraction of sp³-hybridized carbons (Fsp3) is 0.222. The highest BCUT2D eigenvalue weighted by atomic mass is 35.5. The number of fused-ring (bicyclic) bond motifs is 1. The third kappa shape index (κ3) is 1.65. The van der Waals surface area contributed by atoms with E-state index in [0.717, 1.165) is 17.1 Å². The molecule has 1 aromatic carbocycles. The number of alkyl halides is 1. The van der Waals surface area contributed by atoms with Crippen LogP contribution in [0.15, 0.2) is 23.2 Å². The van der Waals surface area contributed by atoms with Gasteiger partial charge >= 0.3 is 0 Å². The molecule has 0 saturated carbocycles. The number of nitrogens with one attached hydrogen (secondary N) is 1. The summed E-state index contributed by atoms with van der Waals surface area (Å²) in [5, 5.41) is 3.36. The minimum atomic E-state index is -0.462. The number of halogens is 2.